The van der Waals surface area contributed by atoms with Crippen LogP contribution in [0, 0.1) is 0 Å². The Kier molecular flexibility index (Phi) is 40.1. The second-order valence-corrected chi connectivity index (χ2v) is 17.3. The number of hydrogen-bond donors (Lipinski definition) is 1. The number of ether oxygens (including phenoxy) is 3. The van der Waals surface area contributed by atoms with Gasteiger partial charge in [0.05, 0.1) is 34.4 Å². The van der Waals surface area contributed by atoms with E-state index in [9.17, 15) is 19.5 Å². The van der Waals surface area contributed by atoms with Crippen LogP contribution in [0.25, 0.3) is 0 Å². The minimum absolute atomic E-state index is 0.0556. The molecule has 0 aliphatic heterocycles. The molecule has 0 bridgehead atoms. The summed E-state index contributed by atoms with van der Waals surface area (Å²) in [5.74, 6) is -1.48. The third kappa shape index (κ3) is 40.5. The number of allylic oxidation sites excluding steroid dienone is 8. The summed E-state index contributed by atoms with van der Waals surface area (Å²) < 4.78 is 17.3. The molecule has 0 rings (SSSR count). The van der Waals surface area contributed by atoms with E-state index < -0.39 is 18.1 Å². The molecule has 8 nitrogen and oxygen atoms in total. The Balaban J connectivity index is 4.30. The van der Waals surface area contributed by atoms with Gasteiger partial charge in [0.2, 0.25) is 0 Å². The van der Waals surface area contributed by atoms with Gasteiger partial charge in [0.1, 0.15) is 6.61 Å². The Morgan fingerprint density at radius 1 is 0.525 bits per heavy atom. The number of carbonyl (C=O) groups is 3. The van der Waals surface area contributed by atoms with Crippen molar-refractivity contribution >= 4 is 17.9 Å². The Morgan fingerprint density at radius 3 is 1.42 bits per heavy atom. The standard InChI is InChI=1S/C51H91NO7/c1-6-8-10-12-14-16-18-20-22-24-26-27-29-31-33-35-37-39-41-49(53)58-46-47(45-57-44-43-48(51(55)56)52(3,4)5)59-50(54)42-40-38-36-34-32-30-28-25-23-21-19-17-15-13-11-9-7-2/h9,11,15,17,21-24,47-48H,6-8,10,12-14,16,18-20,25-46H2,1-5H3/p+1/b11-9-,17-15-,23-21-,24-22-. The van der Waals surface area contributed by atoms with E-state index in [1.807, 2.05) is 21.1 Å². The maximum absolute atomic E-state index is 12.8. The molecule has 0 aromatic carbocycles. The number of carboxylic acid groups (broad SMARTS) is 1. The van der Waals surface area contributed by atoms with E-state index in [0.717, 1.165) is 64.2 Å². The number of unbranched alkanes of at least 4 members (excludes halogenated alkanes) is 21. The van der Waals surface area contributed by atoms with Gasteiger partial charge in [-0.05, 0) is 70.6 Å². The first kappa shape index (κ1) is 56.3. The summed E-state index contributed by atoms with van der Waals surface area (Å²) in [7, 11) is 5.53. The van der Waals surface area contributed by atoms with E-state index in [1.54, 1.807) is 0 Å². The number of rotatable bonds is 43. The molecule has 0 heterocycles. The summed E-state index contributed by atoms with van der Waals surface area (Å²) >= 11 is 0. The predicted molar refractivity (Wildman–Crippen MR) is 248 cm³/mol. The summed E-state index contributed by atoms with van der Waals surface area (Å²) in [6.07, 6.45) is 50.1. The highest BCUT2D eigenvalue weighted by Gasteiger charge is 2.31. The molecule has 2 unspecified atom stereocenters. The maximum atomic E-state index is 12.8. The van der Waals surface area contributed by atoms with Gasteiger partial charge in [-0.2, -0.15) is 0 Å². The molecule has 0 fully saturated rings. The van der Waals surface area contributed by atoms with Crippen LogP contribution in [0.3, 0.4) is 0 Å². The number of likely N-dealkylation sites (N-methyl/N-ethyl adjacent to an activating group) is 1. The van der Waals surface area contributed by atoms with E-state index in [1.165, 1.54) is 109 Å². The van der Waals surface area contributed by atoms with Crippen LogP contribution in [0.1, 0.15) is 206 Å². The minimum Gasteiger partial charge on any atom is -0.477 e. The van der Waals surface area contributed by atoms with Gasteiger partial charge in [0, 0.05) is 19.3 Å². The van der Waals surface area contributed by atoms with Crippen LogP contribution in [0.5, 0.6) is 0 Å². The van der Waals surface area contributed by atoms with Crippen LogP contribution in [-0.2, 0) is 28.6 Å². The highest BCUT2D eigenvalue weighted by molar-refractivity contribution is 5.72. The van der Waals surface area contributed by atoms with Crippen molar-refractivity contribution in [1.82, 2.24) is 0 Å². The van der Waals surface area contributed by atoms with Crippen LogP contribution in [0.2, 0.25) is 0 Å². The minimum atomic E-state index is -0.877. The molecule has 0 aromatic heterocycles. The molecule has 0 amide bonds. The van der Waals surface area contributed by atoms with Crippen molar-refractivity contribution < 1.29 is 38.2 Å². The highest BCUT2D eigenvalue weighted by Crippen LogP contribution is 2.15. The van der Waals surface area contributed by atoms with Gasteiger partial charge in [0.15, 0.2) is 12.1 Å². The smallest absolute Gasteiger partial charge is 0.362 e. The zero-order valence-electron chi connectivity index (χ0n) is 39.0. The lowest BCUT2D eigenvalue weighted by molar-refractivity contribution is -0.887. The molecule has 0 saturated carbocycles. The van der Waals surface area contributed by atoms with Crippen molar-refractivity contribution in [2.24, 2.45) is 0 Å². The summed E-state index contributed by atoms with van der Waals surface area (Å²) in [4.78, 5) is 37.1. The van der Waals surface area contributed by atoms with Gasteiger partial charge in [-0.1, -0.05) is 165 Å². The molecule has 342 valence electrons. The molecule has 0 saturated heterocycles. The maximum Gasteiger partial charge on any atom is 0.362 e. The fourth-order valence-corrected chi connectivity index (χ4v) is 6.98. The monoisotopic (exact) mass is 831 g/mol. The van der Waals surface area contributed by atoms with Crippen molar-refractivity contribution in [3.8, 4) is 0 Å². The quantitative estimate of drug-likeness (QED) is 0.0283. The normalized spacial score (nSPS) is 13.3. The summed E-state index contributed by atoms with van der Waals surface area (Å²) in [6, 6.07) is -0.618. The van der Waals surface area contributed by atoms with Crippen LogP contribution in [0.15, 0.2) is 48.6 Å². The van der Waals surface area contributed by atoms with Crippen molar-refractivity contribution in [1.29, 1.82) is 0 Å². The van der Waals surface area contributed by atoms with Gasteiger partial charge in [-0.3, -0.25) is 9.59 Å². The van der Waals surface area contributed by atoms with Crippen LogP contribution < -0.4 is 0 Å². The summed E-state index contributed by atoms with van der Waals surface area (Å²) in [6.45, 7) is 4.62. The third-order valence-corrected chi connectivity index (χ3v) is 10.7. The Hall–Kier alpha value is -2.71. The molecule has 0 aliphatic rings. The second-order valence-electron chi connectivity index (χ2n) is 17.3. The van der Waals surface area contributed by atoms with Crippen LogP contribution in [-0.4, -0.2) is 80.6 Å². The fraction of sp³-hybridized carbons (Fsp3) is 0.784. The molecule has 1 N–H and O–H groups in total. The van der Waals surface area contributed by atoms with E-state index in [-0.39, 0.29) is 36.2 Å². The molecule has 2 atom stereocenters. The average Bonchev–Trinajstić information content (AvgIpc) is 3.19. The number of aliphatic carboxylic acids is 1. The molecular formula is C51H92NO7+. The first-order valence-electron chi connectivity index (χ1n) is 24.2. The van der Waals surface area contributed by atoms with Crippen LogP contribution >= 0.6 is 0 Å². The van der Waals surface area contributed by atoms with Crippen LogP contribution in [0.4, 0.5) is 0 Å². The van der Waals surface area contributed by atoms with E-state index in [0.29, 0.717) is 19.3 Å². The molecule has 0 aromatic rings. The second kappa shape index (κ2) is 42.0. The molecule has 8 heteroatoms. The van der Waals surface area contributed by atoms with Crippen molar-refractivity contribution in [3.05, 3.63) is 48.6 Å². The number of hydrogen-bond acceptors (Lipinski definition) is 6. The van der Waals surface area contributed by atoms with Crippen molar-refractivity contribution in [3.63, 3.8) is 0 Å². The average molecular weight is 831 g/mol. The number of quaternary nitrogens is 1. The number of carboxylic acids is 1. The largest absolute Gasteiger partial charge is 0.477 e. The number of carbonyl (C=O) groups excluding carboxylic acids is 2. The Morgan fingerprint density at radius 2 is 0.949 bits per heavy atom. The SMILES string of the molecule is CC/C=C\C/C=C\C/C=C\CCCCCCCCCC(=O)OC(COCCC(C(=O)O)[N+](C)(C)C)COC(=O)CCCCCCCCC/C=C\CCCCCCCCC. The van der Waals surface area contributed by atoms with Crippen molar-refractivity contribution in [2.75, 3.05) is 41.0 Å². The lowest BCUT2D eigenvalue weighted by Crippen LogP contribution is -2.50. The zero-order chi connectivity index (χ0) is 43.5. The lowest BCUT2D eigenvalue weighted by Gasteiger charge is -2.31. The molecule has 59 heavy (non-hydrogen) atoms. The van der Waals surface area contributed by atoms with Gasteiger partial charge < -0.3 is 23.8 Å². The van der Waals surface area contributed by atoms with E-state index >= 15 is 0 Å². The van der Waals surface area contributed by atoms with Gasteiger partial charge in [-0.25, -0.2) is 4.79 Å². The first-order chi connectivity index (χ1) is 28.6. The van der Waals surface area contributed by atoms with E-state index in [2.05, 4.69) is 62.5 Å². The predicted octanol–water partition coefficient (Wildman–Crippen LogP) is 13.6. The number of esters is 2. The van der Waals surface area contributed by atoms with E-state index in [4.69, 9.17) is 14.2 Å². The molecular weight excluding hydrogens is 739 g/mol. The Labute approximate surface area is 363 Å². The molecule has 0 radical (unpaired) electrons. The molecule has 0 aliphatic carbocycles. The van der Waals surface area contributed by atoms with Gasteiger partial charge in [-0.15, -0.1) is 0 Å². The van der Waals surface area contributed by atoms with Crippen molar-refractivity contribution in [2.45, 2.75) is 219 Å². The topological polar surface area (TPSA) is 99.1 Å². The fourth-order valence-electron chi connectivity index (χ4n) is 6.98. The lowest BCUT2D eigenvalue weighted by atomic mass is 10.1. The summed E-state index contributed by atoms with van der Waals surface area (Å²) in [5.41, 5.74) is 0. The Bertz CT molecular complexity index is 1110. The summed E-state index contributed by atoms with van der Waals surface area (Å²) in [5, 5.41) is 9.64. The van der Waals surface area contributed by atoms with Gasteiger partial charge >= 0.3 is 17.9 Å². The first-order valence-corrected chi connectivity index (χ1v) is 24.2. The number of nitrogens with zero attached hydrogens (tertiary/aromatic N) is 1. The third-order valence-electron chi connectivity index (χ3n) is 10.7. The highest BCUT2D eigenvalue weighted by atomic mass is 16.6. The zero-order valence-corrected chi connectivity index (χ0v) is 39.0. The van der Waals surface area contributed by atoms with Gasteiger partial charge in [0.25, 0.3) is 0 Å². The molecule has 0 spiro atoms.